The summed E-state index contributed by atoms with van der Waals surface area (Å²) in [6.07, 6.45) is 3.05. The molecule has 0 bridgehead atoms. The van der Waals surface area contributed by atoms with Crippen LogP contribution in [0.1, 0.15) is 18.5 Å². The van der Waals surface area contributed by atoms with Crippen LogP contribution in [0.5, 0.6) is 0 Å². The van der Waals surface area contributed by atoms with E-state index >= 15 is 0 Å². The van der Waals surface area contributed by atoms with Gasteiger partial charge < -0.3 is 10.3 Å². The third-order valence-corrected chi connectivity index (χ3v) is 6.09. The first-order valence-corrected chi connectivity index (χ1v) is 10.2. The average Bonchev–Trinajstić information content (AvgIpc) is 3.36. The quantitative estimate of drug-likeness (QED) is 0.444. The maximum atomic E-state index is 13.4. The molecular weight excluding hydrogens is 408 g/mol. The smallest absolute Gasteiger partial charge is 0.265 e. The summed E-state index contributed by atoms with van der Waals surface area (Å²) in [6, 6.07) is 11.4. The maximum Gasteiger partial charge on any atom is 0.265 e. The fourth-order valence-electron chi connectivity index (χ4n) is 3.45. The van der Waals surface area contributed by atoms with Crippen LogP contribution in [-0.4, -0.2) is 24.3 Å². The molecule has 1 aromatic carbocycles. The Balaban J connectivity index is 1.69. The van der Waals surface area contributed by atoms with Crippen molar-refractivity contribution in [2.75, 3.05) is 5.32 Å². The molecule has 4 heterocycles. The molecule has 4 aromatic heterocycles. The first-order chi connectivity index (χ1) is 14.1. The topological polar surface area (TPSA) is 88.0 Å². The van der Waals surface area contributed by atoms with Gasteiger partial charge in [0.15, 0.2) is 11.5 Å². The largest absolute Gasteiger partial charge is 0.362 e. The minimum absolute atomic E-state index is 0.141. The first kappa shape index (κ1) is 17.8. The number of hydrogen-bond acceptors (Lipinski definition) is 6. The lowest BCUT2D eigenvalue weighted by Crippen LogP contribution is -2.20. The predicted molar refractivity (Wildman–Crippen MR) is 116 cm³/mol. The zero-order chi connectivity index (χ0) is 20.0. The summed E-state index contributed by atoms with van der Waals surface area (Å²) in [7, 11) is 0. The number of rotatable bonds is 4. The molecule has 9 heteroatoms. The number of aromatic nitrogens is 5. The molecule has 0 aliphatic heterocycles. The molecule has 29 heavy (non-hydrogen) atoms. The van der Waals surface area contributed by atoms with E-state index in [2.05, 4.69) is 25.3 Å². The highest BCUT2D eigenvalue weighted by Gasteiger charge is 2.20. The SMILES string of the molecule is CC(Nc1ncnc2nc[nH]c12)c1cc2scc(Cl)n2c(=O)c1-c1ccccc1. The number of thiazole rings is 1. The molecule has 1 unspecified atom stereocenters. The van der Waals surface area contributed by atoms with Crippen molar-refractivity contribution in [2.24, 2.45) is 0 Å². The van der Waals surface area contributed by atoms with Gasteiger partial charge in [0.25, 0.3) is 5.56 Å². The summed E-state index contributed by atoms with van der Waals surface area (Å²) in [4.78, 5) is 29.9. The molecule has 0 saturated carbocycles. The van der Waals surface area contributed by atoms with Crippen LogP contribution in [0.25, 0.3) is 27.1 Å². The maximum absolute atomic E-state index is 13.4. The molecule has 1 atom stereocenters. The second-order valence-electron chi connectivity index (χ2n) is 6.57. The van der Waals surface area contributed by atoms with Gasteiger partial charge in [-0.1, -0.05) is 41.9 Å². The zero-order valence-electron chi connectivity index (χ0n) is 15.3. The minimum Gasteiger partial charge on any atom is -0.362 e. The van der Waals surface area contributed by atoms with Crippen molar-refractivity contribution in [1.29, 1.82) is 0 Å². The van der Waals surface area contributed by atoms with Gasteiger partial charge in [-0.15, -0.1) is 11.3 Å². The Morgan fingerprint density at radius 1 is 1.21 bits per heavy atom. The van der Waals surface area contributed by atoms with Crippen LogP contribution in [0.2, 0.25) is 5.15 Å². The highest BCUT2D eigenvalue weighted by atomic mass is 35.5. The molecule has 0 spiro atoms. The fraction of sp³-hybridized carbons (Fsp3) is 0.100. The molecule has 0 aliphatic rings. The van der Waals surface area contributed by atoms with Gasteiger partial charge in [-0.2, -0.15) is 0 Å². The number of hydrogen-bond donors (Lipinski definition) is 2. The van der Waals surface area contributed by atoms with Crippen LogP contribution in [0.15, 0.2) is 59.2 Å². The van der Waals surface area contributed by atoms with Crippen molar-refractivity contribution in [3.63, 3.8) is 0 Å². The number of pyridine rings is 1. The minimum atomic E-state index is -0.204. The van der Waals surface area contributed by atoms with Crippen LogP contribution in [0.3, 0.4) is 0 Å². The molecule has 5 rings (SSSR count). The van der Waals surface area contributed by atoms with Crippen molar-refractivity contribution in [2.45, 2.75) is 13.0 Å². The van der Waals surface area contributed by atoms with E-state index < -0.39 is 0 Å². The van der Waals surface area contributed by atoms with Crippen LogP contribution >= 0.6 is 22.9 Å². The standard InChI is InChI=1S/C20H15ClN6OS/c1-11(26-19-17-18(23-9-22-17)24-10-25-19)13-7-15-27(14(21)8-29-15)20(28)16(13)12-5-3-2-4-6-12/h2-11H,1H3,(H2,22,23,24,25,26). The molecule has 144 valence electrons. The van der Waals surface area contributed by atoms with Crippen LogP contribution in [-0.2, 0) is 0 Å². The normalized spacial score (nSPS) is 12.5. The lowest BCUT2D eigenvalue weighted by atomic mass is 9.97. The van der Waals surface area contributed by atoms with Crippen LogP contribution in [0.4, 0.5) is 5.82 Å². The Morgan fingerprint density at radius 2 is 2.03 bits per heavy atom. The molecule has 7 nitrogen and oxygen atoms in total. The second-order valence-corrected chi connectivity index (χ2v) is 7.84. The Hall–Kier alpha value is -3.23. The zero-order valence-corrected chi connectivity index (χ0v) is 16.8. The van der Waals surface area contributed by atoms with E-state index in [0.29, 0.717) is 22.2 Å². The number of halogens is 1. The van der Waals surface area contributed by atoms with Gasteiger partial charge in [0, 0.05) is 5.38 Å². The monoisotopic (exact) mass is 422 g/mol. The molecular formula is C20H15ClN6OS. The highest BCUT2D eigenvalue weighted by molar-refractivity contribution is 7.16. The van der Waals surface area contributed by atoms with E-state index in [9.17, 15) is 4.79 Å². The fourth-order valence-corrected chi connectivity index (χ4v) is 4.61. The molecule has 0 amide bonds. The van der Waals surface area contributed by atoms with E-state index in [0.717, 1.165) is 21.5 Å². The third-order valence-electron chi connectivity index (χ3n) is 4.80. The second kappa shape index (κ2) is 6.98. The summed E-state index contributed by atoms with van der Waals surface area (Å²) in [5, 5.41) is 5.58. The van der Waals surface area contributed by atoms with E-state index in [4.69, 9.17) is 11.6 Å². The lowest BCUT2D eigenvalue weighted by molar-refractivity contribution is 0.871. The molecule has 0 saturated heterocycles. The first-order valence-electron chi connectivity index (χ1n) is 8.92. The Morgan fingerprint density at radius 3 is 2.86 bits per heavy atom. The van der Waals surface area contributed by atoms with Gasteiger partial charge >= 0.3 is 0 Å². The van der Waals surface area contributed by atoms with Crippen LogP contribution in [0, 0.1) is 0 Å². The Labute approximate surface area is 174 Å². The molecule has 0 radical (unpaired) electrons. The number of nitrogens with one attached hydrogen (secondary N) is 2. The van der Waals surface area contributed by atoms with Crippen LogP contribution < -0.4 is 10.9 Å². The predicted octanol–water partition coefficient (Wildman–Crippen LogP) is 4.52. The summed E-state index contributed by atoms with van der Waals surface area (Å²) in [6.45, 7) is 2.00. The average molecular weight is 423 g/mol. The van der Waals surface area contributed by atoms with Gasteiger partial charge in [0.05, 0.1) is 17.9 Å². The Bertz CT molecular complexity index is 1390. The molecule has 0 aliphatic carbocycles. The van der Waals surface area contributed by atoms with E-state index in [-0.39, 0.29) is 11.6 Å². The van der Waals surface area contributed by atoms with Gasteiger partial charge in [0.2, 0.25) is 0 Å². The summed E-state index contributed by atoms with van der Waals surface area (Å²) in [5.41, 5.74) is 3.48. The van der Waals surface area contributed by atoms with E-state index in [1.54, 1.807) is 16.1 Å². The van der Waals surface area contributed by atoms with Gasteiger partial charge in [-0.3, -0.25) is 9.20 Å². The molecule has 0 fully saturated rings. The number of imidazole rings is 1. The van der Waals surface area contributed by atoms with Crippen molar-refractivity contribution >= 4 is 44.7 Å². The van der Waals surface area contributed by atoms with E-state index in [1.807, 2.05) is 43.3 Å². The summed E-state index contributed by atoms with van der Waals surface area (Å²) >= 11 is 7.72. The van der Waals surface area contributed by atoms with Crippen molar-refractivity contribution in [1.82, 2.24) is 24.3 Å². The van der Waals surface area contributed by atoms with Gasteiger partial charge in [-0.05, 0) is 24.1 Å². The molecule has 2 N–H and O–H groups in total. The summed E-state index contributed by atoms with van der Waals surface area (Å²) in [5.74, 6) is 0.628. The van der Waals surface area contributed by atoms with Gasteiger partial charge in [-0.25, -0.2) is 15.0 Å². The number of benzene rings is 1. The van der Waals surface area contributed by atoms with Crippen molar-refractivity contribution < 1.29 is 0 Å². The highest BCUT2D eigenvalue weighted by Crippen LogP contribution is 2.32. The number of aromatic amines is 1. The van der Waals surface area contributed by atoms with E-state index in [1.165, 1.54) is 17.7 Å². The number of fused-ring (bicyclic) bond motifs is 2. The molecule has 5 aromatic rings. The van der Waals surface area contributed by atoms with Gasteiger partial charge in [0.1, 0.15) is 21.8 Å². The number of H-pyrrole nitrogens is 1. The van der Waals surface area contributed by atoms with Crippen molar-refractivity contribution in [3.8, 4) is 11.1 Å². The lowest BCUT2D eigenvalue weighted by Gasteiger charge is -2.19. The number of anilines is 1. The third kappa shape index (κ3) is 2.97. The number of nitrogens with zero attached hydrogens (tertiary/aromatic N) is 4. The van der Waals surface area contributed by atoms with Crippen molar-refractivity contribution in [3.05, 3.63) is 75.5 Å². The summed E-state index contributed by atoms with van der Waals surface area (Å²) < 4.78 is 1.54. The Kier molecular flexibility index (Phi) is 4.30.